The molecule has 0 aromatic rings. The van der Waals surface area contributed by atoms with E-state index in [0.717, 1.165) is 38.5 Å². The van der Waals surface area contributed by atoms with Gasteiger partial charge in [0, 0.05) is 0 Å². The number of carbonyl (C=O) groups excluding carboxylic acids is 1. The number of cyclic esters (lactones) is 1. The van der Waals surface area contributed by atoms with Crippen LogP contribution in [0.25, 0.3) is 0 Å². The van der Waals surface area contributed by atoms with E-state index in [1.54, 1.807) is 0 Å². The highest BCUT2D eigenvalue weighted by molar-refractivity contribution is 5.89. The lowest BCUT2D eigenvalue weighted by atomic mass is 9.82. The van der Waals surface area contributed by atoms with Crippen molar-refractivity contribution in [3.8, 4) is 0 Å². The van der Waals surface area contributed by atoms with Crippen LogP contribution in [0.4, 0.5) is 0 Å². The Morgan fingerprint density at radius 1 is 0.667 bits per heavy atom. The molecule has 0 fully saturated rings. The molecule has 0 unspecified atom stereocenters. The molecule has 1 aliphatic heterocycles. The van der Waals surface area contributed by atoms with Crippen LogP contribution in [0.2, 0.25) is 0 Å². The maximum atomic E-state index is 11.6. The van der Waals surface area contributed by atoms with Crippen molar-refractivity contribution >= 4 is 5.97 Å². The van der Waals surface area contributed by atoms with Gasteiger partial charge in [-0.2, -0.15) is 0 Å². The van der Waals surface area contributed by atoms with Crippen LogP contribution in [-0.4, -0.2) is 44.2 Å². The summed E-state index contributed by atoms with van der Waals surface area (Å²) in [5.41, 5.74) is -1.47. The molecular weight excluding hydrogens is 456 g/mol. The molecule has 0 spiro atoms. The van der Waals surface area contributed by atoms with Gasteiger partial charge in [-0.25, -0.2) is 4.79 Å². The van der Waals surface area contributed by atoms with Gasteiger partial charge < -0.3 is 25.2 Å². The molecule has 36 heavy (non-hydrogen) atoms. The van der Waals surface area contributed by atoms with Crippen LogP contribution < -0.4 is 0 Å². The second-order valence-corrected chi connectivity index (χ2v) is 11.0. The van der Waals surface area contributed by atoms with E-state index in [1.807, 2.05) is 0 Å². The number of rotatable bonds is 24. The first-order chi connectivity index (χ1) is 17.4. The SMILES string of the molecule is CCCCCCCCCCCCC(O)(CCCCCCCCCCCC)[C@H](O)[C@H]1OC(=O)C(O)=C1O. The van der Waals surface area contributed by atoms with Crippen LogP contribution in [0, 0.1) is 0 Å². The maximum Gasteiger partial charge on any atom is 0.377 e. The van der Waals surface area contributed by atoms with Crippen LogP contribution in [0.5, 0.6) is 0 Å². The first-order valence-corrected chi connectivity index (χ1v) is 15.1. The zero-order valence-electron chi connectivity index (χ0n) is 23.3. The van der Waals surface area contributed by atoms with Gasteiger partial charge in [-0.1, -0.05) is 142 Å². The van der Waals surface area contributed by atoms with Gasteiger partial charge in [0.1, 0.15) is 6.10 Å². The Kier molecular flexibility index (Phi) is 18.0. The molecule has 0 saturated carbocycles. The third kappa shape index (κ3) is 12.8. The van der Waals surface area contributed by atoms with Crippen molar-refractivity contribution in [2.75, 3.05) is 0 Å². The highest BCUT2D eigenvalue weighted by Crippen LogP contribution is 2.34. The van der Waals surface area contributed by atoms with Crippen LogP contribution in [0.15, 0.2) is 11.5 Å². The molecule has 0 radical (unpaired) electrons. The van der Waals surface area contributed by atoms with E-state index in [4.69, 9.17) is 4.74 Å². The molecule has 1 rings (SSSR count). The van der Waals surface area contributed by atoms with E-state index in [1.165, 1.54) is 89.9 Å². The monoisotopic (exact) mass is 512 g/mol. The number of esters is 1. The van der Waals surface area contributed by atoms with Crippen LogP contribution in [-0.2, 0) is 9.53 Å². The average molecular weight is 513 g/mol. The zero-order chi connectivity index (χ0) is 26.7. The minimum atomic E-state index is -1.47. The Morgan fingerprint density at radius 3 is 1.31 bits per heavy atom. The summed E-state index contributed by atoms with van der Waals surface area (Å²) in [6.07, 6.45) is 21.4. The lowest BCUT2D eigenvalue weighted by Gasteiger charge is -2.35. The van der Waals surface area contributed by atoms with Crippen molar-refractivity contribution < 1.29 is 30.0 Å². The average Bonchev–Trinajstić information content (AvgIpc) is 3.13. The molecule has 1 heterocycles. The van der Waals surface area contributed by atoms with Crippen LogP contribution in [0.3, 0.4) is 0 Å². The fraction of sp³-hybridized carbons (Fsp3) is 0.900. The van der Waals surface area contributed by atoms with E-state index >= 15 is 0 Å². The van der Waals surface area contributed by atoms with Crippen molar-refractivity contribution in [2.45, 2.75) is 173 Å². The molecule has 0 saturated heterocycles. The smallest absolute Gasteiger partial charge is 0.377 e. The number of aliphatic hydroxyl groups is 4. The minimum absolute atomic E-state index is 0.379. The fourth-order valence-electron chi connectivity index (χ4n) is 5.22. The molecular formula is C30H56O6. The van der Waals surface area contributed by atoms with Gasteiger partial charge in [-0.3, -0.25) is 0 Å². The highest BCUT2D eigenvalue weighted by atomic mass is 16.6. The summed E-state index contributed by atoms with van der Waals surface area (Å²) in [6, 6.07) is 0. The highest BCUT2D eigenvalue weighted by Gasteiger charge is 2.48. The lowest BCUT2D eigenvalue weighted by molar-refractivity contribution is -0.163. The largest absolute Gasteiger partial charge is 0.505 e. The fourth-order valence-corrected chi connectivity index (χ4v) is 5.22. The molecule has 212 valence electrons. The quantitative estimate of drug-likeness (QED) is 0.0772. The Labute approximate surface area is 220 Å². The van der Waals surface area contributed by atoms with E-state index in [9.17, 15) is 25.2 Å². The summed E-state index contributed by atoms with van der Waals surface area (Å²) >= 11 is 0. The Bertz CT molecular complexity index is 578. The Balaban J connectivity index is 2.43. The summed E-state index contributed by atoms with van der Waals surface area (Å²) in [7, 11) is 0. The number of carbonyl (C=O) groups is 1. The van der Waals surface area contributed by atoms with Crippen LogP contribution in [0.1, 0.15) is 155 Å². The lowest BCUT2D eigenvalue weighted by Crippen LogP contribution is -2.50. The Morgan fingerprint density at radius 2 is 1.00 bits per heavy atom. The van der Waals surface area contributed by atoms with Gasteiger partial charge >= 0.3 is 5.97 Å². The molecule has 1 aliphatic rings. The first-order valence-electron chi connectivity index (χ1n) is 15.1. The summed E-state index contributed by atoms with van der Waals surface area (Å²) in [5.74, 6) is -2.62. The Hall–Kier alpha value is -1.27. The molecule has 6 heteroatoms. The standard InChI is InChI=1S/C30H56O6/c1-3-5-7-9-11-13-15-17-19-21-23-30(35,28(33)27-25(31)26(32)29(34)36-27)24-22-20-18-16-14-12-10-8-6-4-2/h27-28,31-33,35H,3-24H2,1-2H3/t27-,28+/m0/s1. The molecule has 0 aromatic heterocycles. The normalized spacial score (nSPS) is 17.1. The van der Waals surface area contributed by atoms with Gasteiger partial charge in [-0.05, 0) is 12.8 Å². The van der Waals surface area contributed by atoms with E-state index in [-0.39, 0.29) is 0 Å². The number of hydrogen-bond donors (Lipinski definition) is 4. The third-order valence-electron chi connectivity index (χ3n) is 7.70. The van der Waals surface area contributed by atoms with Crippen molar-refractivity contribution in [2.24, 2.45) is 0 Å². The molecule has 6 nitrogen and oxygen atoms in total. The molecule has 4 N–H and O–H groups in total. The van der Waals surface area contributed by atoms with Gasteiger partial charge in [0.15, 0.2) is 11.9 Å². The van der Waals surface area contributed by atoms with Crippen LogP contribution >= 0.6 is 0 Å². The van der Waals surface area contributed by atoms with E-state index in [0.29, 0.717) is 12.8 Å². The van der Waals surface area contributed by atoms with Gasteiger partial charge in [0.05, 0.1) is 5.60 Å². The summed E-state index contributed by atoms with van der Waals surface area (Å²) in [5, 5.41) is 42.1. The predicted octanol–water partition coefficient (Wildman–Crippen LogP) is 7.95. The molecule has 0 aliphatic carbocycles. The summed E-state index contributed by atoms with van der Waals surface area (Å²) in [6.45, 7) is 4.46. The molecule has 0 bridgehead atoms. The van der Waals surface area contributed by atoms with Crippen molar-refractivity contribution in [1.82, 2.24) is 0 Å². The molecule has 0 amide bonds. The molecule has 2 atom stereocenters. The van der Waals surface area contributed by atoms with Crippen molar-refractivity contribution in [1.29, 1.82) is 0 Å². The second-order valence-electron chi connectivity index (χ2n) is 11.0. The number of unbranched alkanes of at least 4 members (excludes halogenated alkanes) is 18. The van der Waals surface area contributed by atoms with Crippen molar-refractivity contribution in [3.05, 3.63) is 11.5 Å². The predicted molar refractivity (Wildman–Crippen MR) is 146 cm³/mol. The first kappa shape index (κ1) is 32.8. The summed E-state index contributed by atoms with van der Waals surface area (Å²) < 4.78 is 4.97. The number of aliphatic hydroxyl groups excluding tert-OH is 3. The van der Waals surface area contributed by atoms with Gasteiger partial charge in [0.25, 0.3) is 0 Å². The van der Waals surface area contributed by atoms with Gasteiger partial charge in [-0.15, -0.1) is 0 Å². The second kappa shape index (κ2) is 19.8. The van der Waals surface area contributed by atoms with Gasteiger partial charge in [0.2, 0.25) is 5.76 Å². The molecule has 0 aromatic carbocycles. The topological polar surface area (TPSA) is 107 Å². The zero-order valence-corrected chi connectivity index (χ0v) is 23.3. The third-order valence-corrected chi connectivity index (χ3v) is 7.70. The number of ether oxygens (including phenoxy) is 1. The minimum Gasteiger partial charge on any atom is -0.505 e. The summed E-state index contributed by atoms with van der Waals surface area (Å²) in [4.78, 5) is 11.6. The number of hydrogen-bond acceptors (Lipinski definition) is 6. The van der Waals surface area contributed by atoms with E-state index < -0.39 is 35.3 Å². The maximum absolute atomic E-state index is 11.6. The van der Waals surface area contributed by atoms with E-state index in [2.05, 4.69) is 13.8 Å². The van der Waals surface area contributed by atoms with Crippen molar-refractivity contribution in [3.63, 3.8) is 0 Å².